The summed E-state index contributed by atoms with van der Waals surface area (Å²) in [6.07, 6.45) is 0.497. The van der Waals surface area contributed by atoms with Crippen LogP contribution in [-0.2, 0) is 9.84 Å². The average Bonchev–Trinajstić information content (AvgIpc) is 2.38. The topological polar surface area (TPSA) is 77.2 Å². The molecule has 0 fully saturated rings. The predicted molar refractivity (Wildman–Crippen MR) is 72.9 cm³/mol. The summed E-state index contributed by atoms with van der Waals surface area (Å²) in [4.78, 5) is 11.0. The molecule has 0 saturated carbocycles. The van der Waals surface area contributed by atoms with Crippen LogP contribution in [0.5, 0.6) is 0 Å². The minimum atomic E-state index is -3.79. The van der Waals surface area contributed by atoms with Gasteiger partial charge in [0.1, 0.15) is 4.90 Å². The lowest BCUT2D eigenvalue weighted by Gasteiger charge is -2.10. The van der Waals surface area contributed by atoms with Crippen LogP contribution in [0.25, 0.3) is 0 Å². The van der Waals surface area contributed by atoms with Crippen molar-refractivity contribution in [2.45, 2.75) is 16.7 Å². The van der Waals surface area contributed by atoms with E-state index >= 15 is 0 Å². The summed E-state index contributed by atoms with van der Waals surface area (Å²) in [6, 6.07) is 10.9. The third-order valence-corrected chi connectivity index (χ3v) is 4.70. The molecule has 0 heterocycles. The van der Waals surface area contributed by atoms with Crippen molar-refractivity contribution in [3.8, 4) is 0 Å². The van der Waals surface area contributed by atoms with Crippen LogP contribution in [0.1, 0.15) is 15.9 Å². The van der Waals surface area contributed by atoms with E-state index in [-0.39, 0.29) is 21.0 Å². The quantitative estimate of drug-likeness (QED) is 0.688. The van der Waals surface area contributed by atoms with Crippen LogP contribution in [0, 0.1) is 6.92 Å². The molecule has 0 unspecified atom stereocenters. The lowest BCUT2D eigenvalue weighted by atomic mass is 10.2. The largest absolute Gasteiger partial charge is 0.398 e. The number of aldehydes is 1. The summed E-state index contributed by atoms with van der Waals surface area (Å²) < 4.78 is 25.0. The van der Waals surface area contributed by atoms with Gasteiger partial charge in [-0.1, -0.05) is 29.8 Å². The van der Waals surface area contributed by atoms with E-state index in [1.807, 2.05) is 6.92 Å². The number of nitrogen functional groups attached to an aromatic ring is 1. The Bertz CT molecular complexity index is 719. The van der Waals surface area contributed by atoms with E-state index < -0.39 is 9.84 Å². The lowest BCUT2D eigenvalue weighted by molar-refractivity contribution is 0.112. The van der Waals surface area contributed by atoms with Crippen molar-refractivity contribution in [1.82, 2.24) is 0 Å². The van der Waals surface area contributed by atoms with Crippen molar-refractivity contribution < 1.29 is 13.2 Å². The second kappa shape index (κ2) is 4.85. The first-order chi connectivity index (χ1) is 8.96. The highest BCUT2D eigenvalue weighted by Gasteiger charge is 2.23. The van der Waals surface area contributed by atoms with Gasteiger partial charge in [-0.25, -0.2) is 8.42 Å². The van der Waals surface area contributed by atoms with Gasteiger partial charge in [-0.05, 0) is 25.1 Å². The number of carbonyl (C=O) groups excluding carboxylic acids is 1. The minimum Gasteiger partial charge on any atom is -0.398 e. The third-order valence-electron chi connectivity index (χ3n) is 2.80. The standard InChI is InChI=1S/C14H13NO3S/c1-10-5-7-12(8-6-10)19(17,18)14-11(9-16)3-2-4-13(14)15/h2-9H,15H2,1H3. The zero-order valence-corrected chi connectivity index (χ0v) is 11.1. The summed E-state index contributed by atoms with van der Waals surface area (Å²) >= 11 is 0. The fraction of sp³-hybridized carbons (Fsp3) is 0.0714. The number of sulfone groups is 1. The van der Waals surface area contributed by atoms with Crippen molar-refractivity contribution in [1.29, 1.82) is 0 Å². The van der Waals surface area contributed by atoms with Crippen molar-refractivity contribution in [2.75, 3.05) is 5.73 Å². The summed E-state index contributed by atoms with van der Waals surface area (Å²) in [5, 5.41) is 0. The number of nitrogens with two attached hydrogens (primary N) is 1. The molecule has 2 rings (SSSR count). The highest BCUT2D eigenvalue weighted by atomic mass is 32.2. The van der Waals surface area contributed by atoms with E-state index in [9.17, 15) is 13.2 Å². The molecule has 0 amide bonds. The number of hydrogen-bond acceptors (Lipinski definition) is 4. The van der Waals surface area contributed by atoms with E-state index in [4.69, 9.17) is 5.73 Å². The summed E-state index contributed by atoms with van der Waals surface area (Å²) in [6.45, 7) is 1.87. The first-order valence-corrected chi connectivity index (χ1v) is 7.10. The summed E-state index contributed by atoms with van der Waals surface area (Å²) in [5.41, 5.74) is 6.81. The Morgan fingerprint density at radius 2 is 1.68 bits per heavy atom. The highest BCUT2D eigenvalue weighted by Crippen LogP contribution is 2.28. The maximum atomic E-state index is 12.5. The first-order valence-electron chi connectivity index (χ1n) is 5.62. The minimum absolute atomic E-state index is 0.0700. The van der Waals surface area contributed by atoms with Gasteiger partial charge in [-0.15, -0.1) is 0 Å². The molecule has 5 heteroatoms. The van der Waals surface area contributed by atoms with Gasteiger partial charge >= 0.3 is 0 Å². The molecule has 2 aromatic rings. The molecule has 0 spiro atoms. The molecule has 19 heavy (non-hydrogen) atoms. The van der Waals surface area contributed by atoms with E-state index in [0.29, 0.717) is 6.29 Å². The number of aryl methyl sites for hydroxylation is 1. The second-order valence-electron chi connectivity index (χ2n) is 4.20. The lowest BCUT2D eigenvalue weighted by Crippen LogP contribution is -2.09. The van der Waals surface area contributed by atoms with Crippen molar-refractivity contribution in [2.24, 2.45) is 0 Å². The van der Waals surface area contributed by atoms with Crippen LogP contribution < -0.4 is 5.73 Å². The molecule has 0 aliphatic carbocycles. The van der Waals surface area contributed by atoms with E-state index in [1.165, 1.54) is 24.3 Å². The SMILES string of the molecule is Cc1ccc(S(=O)(=O)c2c(N)cccc2C=O)cc1. The number of hydrogen-bond donors (Lipinski definition) is 1. The van der Waals surface area contributed by atoms with Crippen LogP contribution in [0.2, 0.25) is 0 Å². The third kappa shape index (κ3) is 2.37. The molecular weight excluding hydrogens is 262 g/mol. The van der Waals surface area contributed by atoms with Crippen molar-refractivity contribution in [3.63, 3.8) is 0 Å². The Morgan fingerprint density at radius 1 is 1.05 bits per heavy atom. The maximum absolute atomic E-state index is 12.5. The van der Waals surface area contributed by atoms with Crippen molar-refractivity contribution >= 4 is 21.8 Å². The molecule has 0 saturated heterocycles. The van der Waals surface area contributed by atoms with Crippen LogP contribution in [0.4, 0.5) is 5.69 Å². The van der Waals surface area contributed by atoms with E-state index in [0.717, 1.165) is 5.56 Å². The molecule has 0 aliphatic rings. The van der Waals surface area contributed by atoms with Gasteiger partial charge in [0.2, 0.25) is 9.84 Å². The Labute approximate surface area is 111 Å². The number of rotatable bonds is 3. The first kappa shape index (κ1) is 13.3. The molecule has 0 atom stereocenters. The molecular formula is C14H13NO3S. The van der Waals surface area contributed by atoms with Gasteiger partial charge in [0.15, 0.2) is 6.29 Å². The molecule has 0 aromatic heterocycles. The highest BCUT2D eigenvalue weighted by molar-refractivity contribution is 7.91. The maximum Gasteiger partial charge on any atom is 0.209 e. The second-order valence-corrected chi connectivity index (χ2v) is 6.09. The molecule has 2 aromatic carbocycles. The average molecular weight is 275 g/mol. The normalized spacial score (nSPS) is 11.2. The molecule has 98 valence electrons. The van der Waals surface area contributed by atoms with Crippen LogP contribution >= 0.6 is 0 Å². The molecule has 2 N–H and O–H groups in total. The van der Waals surface area contributed by atoms with Gasteiger partial charge in [-0.2, -0.15) is 0 Å². The Hall–Kier alpha value is -2.14. The van der Waals surface area contributed by atoms with Gasteiger partial charge in [0.25, 0.3) is 0 Å². The summed E-state index contributed by atoms with van der Waals surface area (Å²) in [5.74, 6) is 0. The zero-order chi connectivity index (χ0) is 14.0. The number of benzene rings is 2. The van der Waals surface area contributed by atoms with Crippen LogP contribution in [-0.4, -0.2) is 14.7 Å². The van der Waals surface area contributed by atoms with Gasteiger partial charge in [-0.3, -0.25) is 4.79 Å². The van der Waals surface area contributed by atoms with Gasteiger partial charge < -0.3 is 5.73 Å². The predicted octanol–water partition coefficient (Wildman–Crippen LogP) is 2.22. The van der Waals surface area contributed by atoms with E-state index in [1.54, 1.807) is 18.2 Å². The fourth-order valence-electron chi connectivity index (χ4n) is 1.81. The Morgan fingerprint density at radius 3 is 2.26 bits per heavy atom. The Balaban J connectivity index is 2.70. The smallest absolute Gasteiger partial charge is 0.209 e. The number of carbonyl (C=O) groups is 1. The van der Waals surface area contributed by atoms with Crippen LogP contribution in [0.15, 0.2) is 52.3 Å². The van der Waals surface area contributed by atoms with E-state index in [2.05, 4.69) is 0 Å². The summed E-state index contributed by atoms with van der Waals surface area (Å²) in [7, 11) is -3.79. The van der Waals surface area contributed by atoms with Crippen LogP contribution in [0.3, 0.4) is 0 Å². The van der Waals surface area contributed by atoms with Crippen molar-refractivity contribution in [3.05, 3.63) is 53.6 Å². The molecule has 4 nitrogen and oxygen atoms in total. The molecule has 0 radical (unpaired) electrons. The molecule has 0 bridgehead atoms. The van der Waals surface area contributed by atoms with Gasteiger partial charge in [0, 0.05) is 5.56 Å². The Kier molecular flexibility index (Phi) is 3.40. The zero-order valence-electron chi connectivity index (χ0n) is 10.3. The fourth-order valence-corrected chi connectivity index (χ4v) is 3.35. The van der Waals surface area contributed by atoms with Gasteiger partial charge in [0.05, 0.1) is 10.6 Å². The monoisotopic (exact) mass is 275 g/mol. The number of anilines is 1. The molecule has 0 aliphatic heterocycles.